The Kier molecular flexibility index (Phi) is 3.27. The monoisotopic (exact) mass is 213 g/mol. The van der Waals surface area contributed by atoms with Gasteiger partial charge in [-0.25, -0.2) is 5.84 Å². The molecule has 0 aromatic carbocycles. The molecule has 3 nitrogen and oxygen atoms in total. The molecule has 0 spiro atoms. The second-order valence-corrected chi connectivity index (χ2v) is 2.07. The van der Waals surface area contributed by atoms with Gasteiger partial charge >= 0.3 is 0 Å². The van der Waals surface area contributed by atoms with Crippen LogP contribution < -0.4 is 5.84 Å². The van der Waals surface area contributed by atoms with Crippen LogP contribution in [-0.4, -0.2) is 22.9 Å². The molecule has 0 aromatic heterocycles. The van der Waals surface area contributed by atoms with Crippen molar-refractivity contribution in [2.75, 3.05) is 14.1 Å². The summed E-state index contributed by atoms with van der Waals surface area (Å²) < 4.78 is 0.803. The van der Waals surface area contributed by atoms with E-state index in [0.29, 0.717) is 0 Å². The van der Waals surface area contributed by atoms with Gasteiger partial charge in [-0.05, 0) is 0 Å². The fourth-order valence-corrected chi connectivity index (χ4v) is 0.158. The number of amidine groups is 1. The second kappa shape index (κ2) is 3.20. The van der Waals surface area contributed by atoms with E-state index in [4.69, 9.17) is 5.84 Å². The van der Waals surface area contributed by atoms with Crippen LogP contribution in [0.5, 0.6) is 0 Å². The summed E-state index contributed by atoms with van der Waals surface area (Å²) in [4.78, 5) is 3.79. The zero-order valence-electron chi connectivity index (χ0n) is 4.35. The lowest BCUT2D eigenvalue weighted by Crippen LogP contribution is -2.28. The number of rotatable bonds is 0. The van der Waals surface area contributed by atoms with E-state index in [1.54, 1.807) is 14.1 Å². The van der Waals surface area contributed by atoms with Crippen molar-refractivity contribution in [3.05, 3.63) is 0 Å². The third-order valence-corrected chi connectivity index (χ3v) is 1.72. The summed E-state index contributed by atoms with van der Waals surface area (Å²) in [5, 5.41) is 1.46. The summed E-state index contributed by atoms with van der Waals surface area (Å²) >= 11 is 2.05. The summed E-state index contributed by atoms with van der Waals surface area (Å²) in [6.07, 6.45) is 0. The molecule has 0 saturated heterocycles. The molecule has 7 heavy (non-hydrogen) atoms. The minimum absolute atomic E-state index is 0.803. The number of hydrazine groups is 1. The maximum absolute atomic E-state index is 5.24. The maximum Gasteiger partial charge on any atom is 0.176 e. The standard InChI is InChI=1S/C3H8IN3/c1-6-3(4)7(2)5/h5H2,1-2H3. The molecule has 0 heterocycles. The van der Waals surface area contributed by atoms with Crippen LogP contribution in [-0.2, 0) is 0 Å². The molecule has 0 unspecified atom stereocenters. The van der Waals surface area contributed by atoms with Crippen LogP contribution in [0.15, 0.2) is 4.99 Å². The number of hydrogen-bond donors (Lipinski definition) is 1. The summed E-state index contributed by atoms with van der Waals surface area (Å²) in [5.74, 6) is 5.24. The van der Waals surface area contributed by atoms with Crippen molar-refractivity contribution in [1.82, 2.24) is 5.01 Å². The molecule has 0 radical (unpaired) electrons. The molecular weight excluding hydrogens is 205 g/mol. The first-order chi connectivity index (χ1) is 3.18. The number of nitrogens with zero attached hydrogens (tertiary/aromatic N) is 2. The van der Waals surface area contributed by atoms with E-state index in [1.807, 2.05) is 22.6 Å². The Morgan fingerprint density at radius 3 is 2.29 bits per heavy atom. The quantitative estimate of drug-likeness (QED) is 0.156. The van der Waals surface area contributed by atoms with Gasteiger partial charge in [0.15, 0.2) is 3.84 Å². The second-order valence-electron chi connectivity index (χ2n) is 1.10. The molecule has 0 bridgehead atoms. The summed E-state index contributed by atoms with van der Waals surface area (Å²) in [7, 11) is 3.44. The Balaban J connectivity index is 3.56. The van der Waals surface area contributed by atoms with E-state index >= 15 is 0 Å². The largest absolute Gasteiger partial charge is 0.293 e. The molecular formula is C3H8IN3. The minimum Gasteiger partial charge on any atom is -0.293 e. The number of halogens is 1. The van der Waals surface area contributed by atoms with Crippen LogP contribution in [0.1, 0.15) is 0 Å². The first-order valence-electron chi connectivity index (χ1n) is 1.79. The Morgan fingerprint density at radius 1 is 1.86 bits per heavy atom. The van der Waals surface area contributed by atoms with Crippen LogP contribution in [0.3, 0.4) is 0 Å². The average molecular weight is 213 g/mol. The van der Waals surface area contributed by atoms with Gasteiger partial charge in [-0.1, -0.05) is 0 Å². The minimum atomic E-state index is 0.803. The lowest BCUT2D eigenvalue weighted by Gasteiger charge is -2.06. The normalized spacial score (nSPS) is 11.7. The Morgan fingerprint density at radius 2 is 2.29 bits per heavy atom. The Hall–Kier alpha value is 0.160. The molecule has 0 aliphatic carbocycles. The predicted molar refractivity (Wildman–Crippen MR) is 39.3 cm³/mol. The van der Waals surface area contributed by atoms with E-state index in [-0.39, 0.29) is 0 Å². The molecule has 4 heteroatoms. The topological polar surface area (TPSA) is 41.6 Å². The molecule has 0 aliphatic rings. The molecule has 0 aromatic rings. The maximum atomic E-state index is 5.24. The average Bonchev–Trinajstić information content (AvgIpc) is 1.65. The van der Waals surface area contributed by atoms with Crippen LogP contribution in [0.4, 0.5) is 0 Å². The first kappa shape index (κ1) is 7.16. The van der Waals surface area contributed by atoms with Gasteiger partial charge in [0.25, 0.3) is 0 Å². The van der Waals surface area contributed by atoms with E-state index in [0.717, 1.165) is 3.84 Å². The van der Waals surface area contributed by atoms with Crippen LogP contribution >= 0.6 is 22.6 Å². The molecule has 0 rings (SSSR count). The lowest BCUT2D eigenvalue weighted by molar-refractivity contribution is 0.552. The molecule has 0 fully saturated rings. The molecule has 0 aliphatic heterocycles. The van der Waals surface area contributed by atoms with Crippen molar-refractivity contribution in [3.8, 4) is 0 Å². The van der Waals surface area contributed by atoms with Crippen molar-refractivity contribution < 1.29 is 0 Å². The number of hydrogen-bond acceptors (Lipinski definition) is 2. The van der Waals surface area contributed by atoms with Crippen molar-refractivity contribution in [2.45, 2.75) is 0 Å². The van der Waals surface area contributed by atoms with Gasteiger partial charge in [-0.15, -0.1) is 0 Å². The lowest BCUT2D eigenvalue weighted by atomic mass is 11.1. The first-order valence-corrected chi connectivity index (χ1v) is 2.87. The van der Waals surface area contributed by atoms with Gasteiger partial charge in [0.1, 0.15) is 0 Å². The Labute approximate surface area is 56.7 Å². The molecule has 42 valence electrons. The van der Waals surface area contributed by atoms with Gasteiger partial charge in [0, 0.05) is 36.7 Å². The highest BCUT2D eigenvalue weighted by Crippen LogP contribution is 1.88. The van der Waals surface area contributed by atoms with Gasteiger partial charge < -0.3 is 0 Å². The fourth-order valence-electron chi connectivity index (χ4n) is 0.158. The highest BCUT2D eigenvalue weighted by Gasteiger charge is 1.88. The summed E-state index contributed by atoms with van der Waals surface area (Å²) in [5.41, 5.74) is 0. The van der Waals surface area contributed by atoms with Crippen molar-refractivity contribution >= 4 is 26.4 Å². The van der Waals surface area contributed by atoms with E-state index in [1.165, 1.54) is 5.01 Å². The van der Waals surface area contributed by atoms with Crippen molar-refractivity contribution in [2.24, 2.45) is 10.8 Å². The SMILES string of the molecule is CN=C(I)N(C)N. The Bertz CT molecular complexity index is 78.2. The summed E-state index contributed by atoms with van der Waals surface area (Å²) in [6.45, 7) is 0. The molecule has 0 saturated carbocycles. The zero-order valence-corrected chi connectivity index (χ0v) is 6.51. The van der Waals surface area contributed by atoms with Gasteiger partial charge in [0.2, 0.25) is 0 Å². The van der Waals surface area contributed by atoms with Gasteiger partial charge in [-0.3, -0.25) is 10.0 Å². The molecule has 0 amide bonds. The van der Waals surface area contributed by atoms with Crippen molar-refractivity contribution in [1.29, 1.82) is 0 Å². The van der Waals surface area contributed by atoms with Crippen molar-refractivity contribution in [3.63, 3.8) is 0 Å². The fraction of sp³-hybridized carbons (Fsp3) is 0.667. The highest BCUT2D eigenvalue weighted by atomic mass is 127. The number of nitrogens with two attached hydrogens (primary N) is 1. The van der Waals surface area contributed by atoms with Gasteiger partial charge in [0.05, 0.1) is 0 Å². The van der Waals surface area contributed by atoms with E-state index < -0.39 is 0 Å². The van der Waals surface area contributed by atoms with E-state index in [9.17, 15) is 0 Å². The molecule has 2 N–H and O–H groups in total. The van der Waals surface area contributed by atoms with E-state index in [2.05, 4.69) is 4.99 Å². The molecule has 0 atom stereocenters. The smallest absolute Gasteiger partial charge is 0.176 e. The zero-order chi connectivity index (χ0) is 5.86. The third-order valence-electron chi connectivity index (χ3n) is 0.476. The number of aliphatic imine (C=N–C) groups is 1. The van der Waals surface area contributed by atoms with Gasteiger partial charge in [-0.2, -0.15) is 0 Å². The van der Waals surface area contributed by atoms with Crippen LogP contribution in [0.2, 0.25) is 0 Å². The summed E-state index contributed by atoms with van der Waals surface area (Å²) in [6, 6.07) is 0. The van der Waals surface area contributed by atoms with Crippen LogP contribution in [0, 0.1) is 0 Å². The third kappa shape index (κ3) is 2.81. The van der Waals surface area contributed by atoms with Crippen LogP contribution in [0.25, 0.3) is 0 Å². The highest BCUT2D eigenvalue weighted by molar-refractivity contribution is 14.1. The predicted octanol–water partition coefficient (Wildman–Crippen LogP) is 0.213.